The van der Waals surface area contributed by atoms with Gasteiger partial charge in [0.2, 0.25) is 0 Å². The third kappa shape index (κ3) is 4.19. The first-order valence-electron chi connectivity index (χ1n) is 7.82. The second-order valence-corrected chi connectivity index (χ2v) is 5.65. The molecule has 3 rings (SSSR count). The average Bonchev–Trinajstić information content (AvgIpc) is 3.04. The summed E-state index contributed by atoms with van der Waals surface area (Å²) < 4.78 is 10.8. The van der Waals surface area contributed by atoms with Crippen LogP contribution in [0.3, 0.4) is 0 Å². The summed E-state index contributed by atoms with van der Waals surface area (Å²) in [6.07, 6.45) is 6.32. The molecule has 1 aromatic heterocycles. The van der Waals surface area contributed by atoms with Gasteiger partial charge in [-0.15, -0.1) is 0 Å². The molecule has 1 heterocycles. The molecule has 0 saturated heterocycles. The smallest absolute Gasteiger partial charge is 0.129 e. The average molecular weight is 285 g/mol. The first kappa shape index (κ1) is 14.4. The minimum Gasteiger partial charge on any atom is -0.467 e. The molecule has 1 atom stereocenters. The Kier molecular flexibility index (Phi) is 5.08. The van der Waals surface area contributed by atoms with Gasteiger partial charge < -0.3 is 14.5 Å². The summed E-state index contributed by atoms with van der Waals surface area (Å²) in [5.74, 6) is 0.895. The maximum absolute atomic E-state index is 5.59. The van der Waals surface area contributed by atoms with Gasteiger partial charge in [0.05, 0.1) is 6.26 Å². The molecule has 112 valence electrons. The Morgan fingerprint density at radius 3 is 2.90 bits per heavy atom. The zero-order chi connectivity index (χ0) is 14.3. The number of fused-ring (bicyclic) bond motifs is 1. The highest BCUT2D eigenvalue weighted by Crippen LogP contribution is 2.20. The van der Waals surface area contributed by atoms with Gasteiger partial charge in [0, 0.05) is 12.6 Å². The maximum Gasteiger partial charge on any atom is 0.129 e. The molecule has 3 nitrogen and oxygen atoms in total. The van der Waals surface area contributed by atoms with Gasteiger partial charge in [-0.3, -0.25) is 0 Å². The van der Waals surface area contributed by atoms with Crippen molar-refractivity contribution in [3.05, 3.63) is 59.5 Å². The van der Waals surface area contributed by atoms with Crippen molar-refractivity contribution in [3.8, 4) is 0 Å². The standard InChI is InChI=1S/C18H23NO2/c1-2-6-16-13-17(9-8-15(16)5-1)19-10-4-11-20-14-18-7-3-12-21-18/h1-3,5-7,12,17,19H,4,8-11,13-14H2. The van der Waals surface area contributed by atoms with Crippen molar-refractivity contribution >= 4 is 0 Å². The number of nitrogens with one attached hydrogen (secondary N) is 1. The van der Waals surface area contributed by atoms with Crippen LogP contribution in [0.25, 0.3) is 0 Å². The number of furan rings is 1. The molecule has 1 unspecified atom stereocenters. The highest BCUT2D eigenvalue weighted by atomic mass is 16.5. The second-order valence-electron chi connectivity index (χ2n) is 5.65. The maximum atomic E-state index is 5.59. The van der Waals surface area contributed by atoms with Gasteiger partial charge in [0.25, 0.3) is 0 Å². The summed E-state index contributed by atoms with van der Waals surface area (Å²) in [5.41, 5.74) is 3.03. The zero-order valence-electron chi connectivity index (χ0n) is 12.4. The Labute approximate surface area is 126 Å². The van der Waals surface area contributed by atoms with E-state index in [-0.39, 0.29) is 0 Å². The van der Waals surface area contributed by atoms with E-state index < -0.39 is 0 Å². The topological polar surface area (TPSA) is 34.4 Å². The second kappa shape index (κ2) is 7.43. The highest BCUT2D eigenvalue weighted by molar-refractivity contribution is 5.30. The molecule has 0 amide bonds. The van der Waals surface area contributed by atoms with Crippen LogP contribution in [0.15, 0.2) is 47.1 Å². The number of hydrogen-bond donors (Lipinski definition) is 1. The van der Waals surface area contributed by atoms with E-state index in [1.54, 1.807) is 6.26 Å². The van der Waals surface area contributed by atoms with Crippen molar-refractivity contribution < 1.29 is 9.15 Å². The summed E-state index contributed by atoms with van der Waals surface area (Å²) >= 11 is 0. The molecule has 3 heteroatoms. The predicted octanol–water partition coefficient (Wildman–Crippen LogP) is 3.33. The Bertz CT molecular complexity index is 536. The minimum absolute atomic E-state index is 0.573. The van der Waals surface area contributed by atoms with Crippen molar-refractivity contribution in [2.24, 2.45) is 0 Å². The van der Waals surface area contributed by atoms with E-state index in [1.165, 1.54) is 24.0 Å². The third-order valence-corrected chi connectivity index (χ3v) is 4.07. The number of benzene rings is 1. The molecule has 1 aliphatic carbocycles. The van der Waals surface area contributed by atoms with E-state index in [0.717, 1.165) is 31.8 Å². The first-order valence-corrected chi connectivity index (χ1v) is 7.82. The molecule has 21 heavy (non-hydrogen) atoms. The Morgan fingerprint density at radius 1 is 1.14 bits per heavy atom. The third-order valence-electron chi connectivity index (χ3n) is 4.07. The normalized spacial score (nSPS) is 17.6. The van der Waals surface area contributed by atoms with Gasteiger partial charge >= 0.3 is 0 Å². The van der Waals surface area contributed by atoms with Crippen LogP contribution in [-0.2, 0) is 24.2 Å². The number of hydrogen-bond acceptors (Lipinski definition) is 3. The SMILES string of the molecule is c1coc(COCCCNC2CCc3ccccc3C2)c1. The number of ether oxygens (including phenoxy) is 1. The van der Waals surface area contributed by atoms with Gasteiger partial charge in [-0.05, 0) is 55.5 Å². The van der Waals surface area contributed by atoms with Crippen molar-refractivity contribution in [3.63, 3.8) is 0 Å². The van der Waals surface area contributed by atoms with Crippen LogP contribution in [0.4, 0.5) is 0 Å². The van der Waals surface area contributed by atoms with Gasteiger partial charge in [-0.1, -0.05) is 24.3 Å². The molecule has 0 aliphatic heterocycles. The highest BCUT2D eigenvalue weighted by Gasteiger charge is 2.17. The minimum atomic E-state index is 0.573. The van der Waals surface area contributed by atoms with Crippen molar-refractivity contribution in [1.82, 2.24) is 5.32 Å². The van der Waals surface area contributed by atoms with Crippen molar-refractivity contribution in [2.45, 2.75) is 38.3 Å². The van der Waals surface area contributed by atoms with Gasteiger partial charge in [-0.2, -0.15) is 0 Å². The van der Waals surface area contributed by atoms with E-state index in [0.29, 0.717) is 12.6 Å². The fraction of sp³-hybridized carbons (Fsp3) is 0.444. The molecule has 0 saturated carbocycles. The van der Waals surface area contributed by atoms with Crippen LogP contribution in [0.2, 0.25) is 0 Å². The van der Waals surface area contributed by atoms with Gasteiger partial charge in [-0.25, -0.2) is 0 Å². The summed E-state index contributed by atoms with van der Waals surface area (Å²) in [7, 11) is 0. The molecule has 0 bridgehead atoms. The van der Waals surface area contributed by atoms with Crippen LogP contribution in [0.5, 0.6) is 0 Å². The Hall–Kier alpha value is -1.58. The lowest BCUT2D eigenvalue weighted by Gasteiger charge is -2.25. The largest absolute Gasteiger partial charge is 0.467 e. The van der Waals surface area contributed by atoms with Gasteiger partial charge in [0.15, 0.2) is 0 Å². The molecular weight excluding hydrogens is 262 g/mol. The van der Waals surface area contributed by atoms with Crippen LogP contribution >= 0.6 is 0 Å². The fourth-order valence-corrected chi connectivity index (χ4v) is 2.92. The van der Waals surface area contributed by atoms with Crippen molar-refractivity contribution in [1.29, 1.82) is 0 Å². The van der Waals surface area contributed by atoms with E-state index in [4.69, 9.17) is 9.15 Å². The van der Waals surface area contributed by atoms with Gasteiger partial charge in [0.1, 0.15) is 12.4 Å². The van der Waals surface area contributed by atoms with Crippen LogP contribution in [0, 0.1) is 0 Å². The van der Waals surface area contributed by atoms with Crippen LogP contribution in [0.1, 0.15) is 29.7 Å². The Balaban J connectivity index is 1.30. The fourth-order valence-electron chi connectivity index (χ4n) is 2.92. The lowest BCUT2D eigenvalue weighted by Crippen LogP contribution is -2.35. The van der Waals surface area contributed by atoms with E-state index in [2.05, 4.69) is 29.6 Å². The molecule has 0 radical (unpaired) electrons. The molecule has 0 spiro atoms. The lowest BCUT2D eigenvalue weighted by atomic mass is 9.88. The predicted molar refractivity (Wildman–Crippen MR) is 83.2 cm³/mol. The molecule has 2 aromatic rings. The van der Waals surface area contributed by atoms with Crippen molar-refractivity contribution in [2.75, 3.05) is 13.2 Å². The number of aryl methyl sites for hydroxylation is 1. The lowest BCUT2D eigenvalue weighted by molar-refractivity contribution is 0.103. The molecular formula is C18H23NO2. The summed E-state index contributed by atoms with van der Waals surface area (Å²) in [6.45, 7) is 2.37. The first-order chi connectivity index (χ1) is 10.4. The summed E-state index contributed by atoms with van der Waals surface area (Å²) in [4.78, 5) is 0. The van der Waals surface area contributed by atoms with Crippen LogP contribution < -0.4 is 5.32 Å². The summed E-state index contributed by atoms with van der Waals surface area (Å²) in [5, 5.41) is 3.65. The molecule has 0 fully saturated rings. The summed E-state index contributed by atoms with van der Waals surface area (Å²) in [6, 6.07) is 13.2. The van der Waals surface area contributed by atoms with E-state index >= 15 is 0 Å². The molecule has 1 aliphatic rings. The molecule has 1 aromatic carbocycles. The van der Waals surface area contributed by atoms with E-state index in [9.17, 15) is 0 Å². The Morgan fingerprint density at radius 2 is 2.05 bits per heavy atom. The number of rotatable bonds is 7. The van der Waals surface area contributed by atoms with E-state index in [1.807, 2.05) is 12.1 Å². The zero-order valence-corrected chi connectivity index (χ0v) is 12.4. The quantitative estimate of drug-likeness (QED) is 0.792. The van der Waals surface area contributed by atoms with Crippen LogP contribution in [-0.4, -0.2) is 19.2 Å². The molecule has 1 N–H and O–H groups in total. The monoisotopic (exact) mass is 285 g/mol.